The highest BCUT2D eigenvalue weighted by Gasteiger charge is 2.80. The molecule has 0 N–H and O–H groups in total. The SMILES string of the molecule is CCC(=O)[C@H]1C[C@@]23C=C[C@]1(OC)[C@@H]1Oc4c(OC)ccc5c4[C@@]12CCN(C(=O)C1CC1)[C@@H]3C5. The summed E-state index contributed by atoms with van der Waals surface area (Å²) in [7, 11) is 3.40. The number of hydrogen-bond donors (Lipinski definition) is 0. The zero-order valence-corrected chi connectivity index (χ0v) is 19.6. The Bertz CT molecular complexity index is 1120. The molecule has 6 nitrogen and oxygen atoms in total. The van der Waals surface area contributed by atoms with Crippen LogP contribution in [0.15, 0.2) is 24.3 Å². The highest BCUT2D eigenvalue weighted by atomic mass is 16.6. The van der Waals surface area contributed by atoms with Crippen LogP contribution in [0.3, 0.4) is 0 Å². The fourth-order valence-corrected chi connectivity index (χ4v) is 8.43. The lowest BCUT2D eigenvalue weighted by atomic mass is 9.37. The Morgan fingerprint density at radius 3 is 2.73 bits per heavy atom. The van der Waals surface area contributed by atoms with Crippen LogP contribution < -0.4 is 9.47 Å². The third-order valence-electron chi connectivity index (χ3n) is 9.96. The highest BCUT2D eigenvalue weighted by molar-refractivity contribution is 5.85. The molecule has 8 rings (SSSR count). The summed E-state index contributed by atoms with van der Waals surface area (Å²) in [6.45, 7) is 2.67. The molecule has 0 unspecified atom stereocenters. The number of ether oxygens (including phenoxy) is 3. The number of methoxy groups -OCH3 is 2. The summed E-state index contributed by atoms with van der Waals surface area (Å²) < 4.78 is 18.9. The van der Waals surface area contributed by atoms with Crippen molar-refractivity contribution in [3.8, 4) is 11.5 Å². The van der Waals surface area contributed by atoms with Crippen LogP contribution >= 0.6 is 0 Å². The lowest BCUT2D eigenvalue weighted by molar-refractivity contribution is -0.215. The molecule has 2 heterocycles. The summed E-state index contributed by atoms with van der Waals surface area (Å²) in [5.74, 6) is 1.98. The molecule has 2 spiro atoms. The molecule has 1 saturated heterocycles. The Kier molecular flexibility index (Phi) is 3.77. The molecule has 3 fully saturated rings. The topological polar surface area (TPSA) is 65.1 Å². The van der Waals surface area contributed by atoms with Crippen LogP contribution in [0.25, 0.3) is 0 Å². The highest BCUT2D eigenvalue weighted by Crippen LogP contribution is 2.75. The first-order chi connectivity index (χ1) is 16.0. The molecule has 2 saturated carbocycles. The predicted octanol–water partition coefficient (Wildman–Crippen LogP) is 3.20. The smallest absolute Gasteiger partial charge is 0.225 e. The largest absolute Gasteiger partial charge is 0.493 e. The minimum absolute atomic E-state index is 0.0378. The first-order valence-electron chi connectivity index (χ1n) is 12.4. The normalized spacial score (nSPS) is 40.9. The maximum absolute atomic E-state index is 13.5. The quantitative estimate of drug-likeness (QED) is 0.646. The second-order valence-corrected chi connectivity index (χ2v) is 10.9. The van der Waals surface area contributed by atoms with E-state index in [1.54, 1.807) is 14.2 Å². The van der Waals surface area contributed by atoms with Crippen LogP contribution in [0.1, 0.15) is 50.2 Å². The number of piperidine rings is 1. The monoisotopic (exact) mass is 449 g/mol. The average molecular weight is 450 g/mol. The Labute approximate surface area is 194 Å². The Morgan fingerprint density at radius 2 is 2.03 bits per heavy atom. The van der Waals surface area contributed by atoms with Gasteiger partial charge in [-0.2, -0.15) is 0 Å². The number of nitrogens with zero attached hydrogens (tertiary/aromatic N) is 1. The maximum atomic E-state index is 13.5. The van der Waals surface area contributed by atoms with Gasteiger partial charge in [-0.1, -0.05) is 25.1 Å². The maximum Gasteiger partial charge on any atom is 0.225 e. The number of ketones is 1. The molecule has 33 heavy (non-hydrogen) atoms. The van der Waals surface area contributed by atoms with Gasteiger partial charge >= 0.3 is 0 Å². The standard InChI is InChI=1S/C27H31NO5/c1-4-18(29)17-14-25-9-10-27(17,32-3)24-26(25)11-12-28(23(30)15-5-6-15)20(25)13-16-7-8-19(31-2)22(33-24)21(16)26/h7-10,15,17,20,24H,4-6,11-14H2,1-3H3/t17-,20-,24-,25-,26+,27-/m1/s1. The number of hydrogen-bond acceptors (Lipinski definition) is 5. The number of likely N-dealkylation sites (tertiary alicyclic amines) is 1. The van der Waals surface area contributed by atoms with Gasteiger partial charge < -0.3 is 19.1 Å². The molecule has 2 aliphatic heterocycles. The van der Waals surface area contributed by atoms with Crippen molar-refractivity contribution in [2.24, 2.45) is 17.3 Å². The van der Waals surface area contributed by atoms with Crippen LogP contribution in [0.5, 0.6) is 11.5 Å². The number of amides is 1. The molecule has 6 atom stereocenters. The minimum atomic E-state index is -0.805. The van der Waals surface area contributed by atoms with Crippen molar-refractivity contribution in [1.29, 1.82) is 0 Å². The van der Waals surface area contributed by atoms with Crippen LogP contribution in [0.2, 0.25) is 0 Å². The van der Waals surface area contributed by atoms with Crippen LogP contribution in [-0.4, -0.2) is 55.1 Å². The van der Waals surface area contributed by atoms with Gasteiger partial charge in [0.15, 0.2) is 11.5 Å². The van der Waals surface area contributed by atoms with E-state index >= 15 is 0 Å². The zero-order valence-electron chi connectivity index (χ0n) is 19.6. The van der Waals surface area contributed by atoms with Crippen LogP contribution in [-0.2, 0) is 26.2 Å². The number of Topliss-reactive ketones (excluding diaryl/α,β-unsaturated/α-hetero) is 1. The van der Waals surface area contributed by atoms with E-state index in [0.29, 0.717) is 18.7 Å². The average Bonchev–Trinajstić information content (AvgIpc) is 3.63. The van der Waals surface area contributed by atoms with E-state index in [0.717, 1.165) is 43.7 Å². The lowest BCUT2D eigenvalue weighted by Crippen LogP contribution is -2.80. The molecule has 1 aromatic carbocycles. The molecule has 5 aliphatic carbocycles. The van der Waals surface area contributed by atoms with Crippen molar-refractivity contribution in [3.05, 3.63) is 35.4 Å². The summed E-state index contributed by atoms with van der Waals surface area (Å²) in [5, 5.41) is 0. The van der Waals surface area contributed by atoms with Gasteiger partial charge in [-0.15, -0.1) is 0 Å². The lowest BCUT2D eigenvalue weighted by Gasteiger charge is -2.71. The zero-order chi connectivity index (χ0) is 22.8. The fraction of sp³-hybridized carbons (Fsp3) is 0.630. The minimum Gasteiger partial charge on any atom is -0.493 e. The van der Waals surface area contributed by atoms with Crippen LogP contribution in [0, 0.1) is 17.3 Å². The van der Waals surface area contributed by atoms with Gasteiger partial charge in [0.2, 0.25) is 5.91 Å². The summed E-state index contributed by atoms with van der Waals surface area (Å²) in [4.78, 5) is 29.0. The van der Waals surface area contributed by atoms with E-state index in [1.165, 1.54) is 11.1 Å². The third kappa shape index (κ3) is 2.03. The second kappa shape index (κ2) is 6.21. The molecule has 6 heteroatoms. The number of benzene rings is 1. The first-order valence-corrected chi connectivity index (χ1v) is 12.4. The third-order valence-corrected chi connectivity index (χ3v) is 9.96. The summed E-state index contributed by atoms with van der Waals surface area (Å²) in [6, 6.07) is 4.19. The van der Waals surface area contributed by atoms with E-state index in [2.05, 4.69) is 23.1 Å². The van der Waals surface area contributed by atoms with Gasteiger partial charge in [-0.3, -0.25) is 9.59 Å². The van der Waals surface area contributed by atoms with E-state index in [4.69, 9.17) is 14.2 Å². The van der Waals surface area contributed by atoms with E-state index in [-0.39, 0.29) is 40.6 Å². The molecule has 0 aromatic heterocycles. The van der Waals surface area contributed by atoms with Crippen molar-refractivity contribution in [1.82, 2.24) is 4.90 Å². The number of rotatable bonds is 5. The second-order valence-electron chi connectivity index (χ2n) is 10.9. The predicted molar refractivity (Wildman–Crippen MR) is 120 cm³/mol. The van der Waals surface area contributed by atoms with Crippen LogP contribution in [0.4, 0.5) is 0 Å². The molecule has 174 valence electrons. The Balaban J connectivity index is 1.51. The molecule has 1 aromatic rings. The number of carbonyl (C=O) groups excluding carboxylic acids is 2. The van der Waals surface area contributed by atoms with E-state index in [1.807, 2.05) is 13.0 Å². The molecular formula is C27H31NO5. The van der Waals surface area contributed by atoms with Crippen molar-refractivity contribution in [2.45, 2.75) is 68.6 Å². The molecule has 0 radical (unpaired) electrons. The van der Waals surface area contributed by atoms with E-state index < -0.39 is 5.60 Å². The van der Waals surface area contributed by atoms with Gasteiger partial charge in [-0.25, -0.2) is 0 Å². The Morgan fingerprint density at radius 1 is 1.21 bits per heavy atom. The number of fused-ring (bicyclic) bond motifs is 1. The molecular weight excluding hydrogens is 418 g/mol. The Hall–Kier alpha value is -2.34. The molecule has 7 aliphatic rings. The molecule has 1 amide bonds. The van der Waals surface area contributed by atoms with Gasteiger partial charge in [0.25, 0.3) is 0 Å². The van der Waals surface area contributed by atoms with Crippen molar-refractivity contribution in [2.75, 3.05) is 20.8 Å². The van der Waals surface area contributed by atoms with Crippen molar-refractivity contribution < 1.29 is 23.8 Å². The van der Waals surface area contributed by atoms with Gasteiger partial charge in [0, 0.05) is 43.0 Å². The van der Waals surface area contributed by atoms with Gasteiger partial charge in [-0.05, 0) is 43.7 Å². The van der Waals surface area contributed by atoms with Crippen molar-refractivity contribution >= 4 is 11.7 Å². The number of carbonyl (C=O) groups is 2. The summed E-state index contributed by atoms with van der Waals surface area (Å²) in [6.07, 6.45) is 8.94. The van der Waals surface area contributed by atoms with E-state index in [9.17, 15) is 9.59 Å². The van der Waals surface area contributed by atoms with Gasteiger partial charge in [0.05, 0.1) is 18.4 Å². The molecule has 4 bridgehead atoms. The van der Waals surface area contributed by atoms with Gasteiger partial charge in [0.1, 0.15) is 17.5 Å². The fourth-order valence-electron chi connectivity index (χ4n) is 8.43. The van der Waals surface area contributed by atoms with Crippen molar-refractivity contribution in [3.63, 3.8) is 0 Å². The first kappa shape index (κ1) is 20.1. The summed E-state index contributed by atoms with van der Waals surface area (Å²) in [5.41, 5.74) is 1.05. The summed E-state index contributed by atoms with van der Waals surface area (Å²) >= 11 is 0.